The van der Waals surface area contributed by atoms with Crippen molar-refractivity contribution in [3.05, 3.63) is 47.4 Å². The molecule has 1 heterocycles. The van der Waals surface area contributed by atoms with Gasteiger partial charge in [-0.25, -0.2) is 8.78 Å². The number of carboxylic acid groups (broad SMARTS) is 1. The molecular formula is C23H28F2O4S. The van der Waals surface area contributed by atoms with Crippen molar-refractivity contribution in [1.29, 1.82) is 0 Å². The highest BCUT2D eigenvalue weighted by atomic mass is 32.1. The Morgan fingerprint density at radius 2 is 1.97 bits per heavy atom. The van der Waals surface area contributed by atoms with E-state index in [1.54, 1.807) is 6.08 Å². The van der Waals surface area contributed by atoms with E-state index >= 15 is 0 Å². The van der Waals surface area contributed by atoms with Crippen LogP contribution in [0.25, 0.3) is 10.1 Å². The SMILES string of the molecule is O=C(O)CCCCCC[C@@H]1[C@H](C=C[C@@H](O)c2cc3ccccc3s2)[C@H](O)CC1(F)F. The molecule has 0 saturated heterocycles. The van der Waals surface area contributed by atoms with Crippen LogP contribution in [0, 0.1) is 11.8 Å². The zero-order valence-electron chi connectivity index (χ0n) is 16.7. The maximum atomic E-state index is 14.4. The number of hydrogen-bond acceptors (Lipinski definition) is 4. The number of benzene rings is 1. The third-order valence-electron chi connectivity index (χ3n) is 5.84. The lowest BCUT2D eigenvalue weighted by atomic mass is 9.87. The maximum Gasteiger partial charge on any atom is 0.303 e. The van der Waals surface area contributed by atoms with Gasteiger partial charge >= 0.3 is 5.97 Å². The Kier molecular flexibility index (Phi) is 7.60. The number of unbranched alkanes of at least 4 members (excludes halogenated alkanes) is 3. The third kappa shape index (κ3) is 5.65. The Hall–Kier alpha value is -1.83. The van der Waals surface area contributed by atoms with E-state index in [9.17, 15) is 23.8 Å². The minimum absolute atomic E-state index is 0.0965. The van der Waals surface area contributed by atoms with E-state index in [-0.39, 0.29) is 12.8 Å². The van der Waals surface area contributed by atoms with Gasteiger partial charge < -0.3 is 15.3 Å². The van der Waals surface area contributed by atoms with E-state index in [0.29, 0.717) is 25.7 Å². The van der Waals surface area contributed by atoms with Crippen LogP contribution in [0.4, 0.5) is 8.78 Å². The lowest BCUT2D eigenvalue weighted by molar-refractivity contribution is -0.137. The molecule has 0 amide bonds. The van der Waals surface area contributed by atoms with Crippen molar-refractivity contribution in [2.24, 2.45) is 11.8 Å². The molecule has 0 radical (unpaired) electrons. The van der Waals surface area contributed by atoms with Crippen molar-refractivity contribution >= 4 is 27.4 Å². The lowest BCUT2D eigenvalue weighted by Crippen LogP contribution is -2.25. The number of thiophene rings is 1. The zero-order chi connectivity index (χ0) is 21.7. The molecule has 4 atom stereocenters. The molecule has 1 aliphatic rings. The van der Waals surface area contributed by atoms with Crippen LogP contribution >= 0.6 is 11.3 Å². The second-order valence-electron chi connectivity index (χ2n) is 8.08. The summed E-state index contributed by atoms with van der Waals surface area (Å²) in [6.07, 6.45) is 3.32. The van der Waals surface area contributed by atoms with Crippen molar-refractivity contribution < 1.29 is 28.9 Å². The highest BCUT2D eigenvalue weighted by Crippen LogP contribution is 2.48. The standard InChI is InChI=1S/C23H28F2O4S/c24-23(25)14-19(27)16(17(23)8-3-1-2-4-10-22(28)29)11-12-18(26)21-13-15-7-5-6-9-20(15)30-21/h5-7,9,11-13,16-19,26-27H,1-4,8,10,14H2,(H,28,29)/t16-,17+,18+,19+/m0/s1. The second kappa shape index (κ2) is 9.98. The topological polar surface area (TPSA) is 77.8 Å². The van der Waals surface area contributed by atoms with Crippen LogP contribution < -0.4 is 0 Å². The summed E-state index contributed by atoms with van der Waals surface area (Å²) in [6, 6.07) is 9.66. The Morgan fingerprint density at radius 1 is 1.23 bits per heavy atom. The molecule has 2 aromatic rings. The van der Waals surface area contributed by atoms with Crippen molar-refractivity contribution in [1.82, 2.24) is 0 Å². The molecule has 4 nitrogen and oxygen atoms in total. The number of hydrogen-bond donors (Lipinski definition) is 3. The van der Waals surface area contributed by atoms with Gasteiger partial charge in [-0.15, -0.1) is 11.3 Å². The molecule has 164 valence electrons. The normalized spacial score (nSPS) is 24.6. The minimum Gasteiger partial charge on any atom is -0.481 e. The number of carboxylic acids is 1. The van der Waals surface area contributed by atoms with E-state index in [1.165, 1.54) is 17.4 Å². The average molecular weight is 439 g/mol. The fourth-order valence-corrected chi connectivity index (χ4v) is 5.28. The van der Waals surface area contributed by atoms with Crippen molar-refractivity contribution in [2.45, 2.75) is 63.1 Å². The summed E-state index contributed by atoms with van der Waals surface area (Å²) in [5.74, 6) is -5.47. The summed E-state index contributed by atoms with van der Waals surface area (Å²) in [5, 5.41) is 30.4. The second-order valence-corrected chi connectivity index (χ2v) is 9.19. The first-order valence-corrected chi connectivity index (χ1v) is 11.2. The Bertz CT molecular complexity index is 846. The molecular weight excluding hydrogens is 410 g/mol. The van der Waals surface area contributed by atoms with E-state index in [0.717, 1.165) is 15.0 Å². The first-order chi connectivity index (χ1) is 14.3. The number of rotatable bonds is 10. The molecule has 0 unspecified atom stereocenters. The summed E-state index contributed by atoms with van der Waals surface area (Å²) in [4.78, 5) is 11.3. The highest BCUT2D eigenvalue weighted by molar-refractivity contribution is 7.19. The van der Waals surface area contributed by atoms with Crippen molar-refractivity contribution in [2.75, 3.05) is 0 Å². The van der Waals surface area contributed by atoms with Gasteiger partial charge in [0.1, 0.15) is 6.10 Å². The summed E-state index contributed by atoms with van der Waals surface area (Å²) >= 11 is 1.46. The fourth-order valence-electron chi connectivity index (χ4n) is 4.25. The predicted octanol–water partition coefficient (Wildman–Crippen LogP) is 5.55. The smallest absolute Gasteiger partial charge is 0.303 e. The van der Waals surface area contributed by atoms with Gasteiger partial charge in [-0.2, -0.15) is 0 Å². The third-order valence-corrected chi connectivity index (χ3v) is 7.03. The molecule has 1 aromatic heterocycles. The van der Waals surface area contributed by atoms with E-state index in [1.807, 2.05) is 30.3 Å². The van der Waals surface area contributed by atoms with Gasteiger partial charge in [0.15, 0.2) is 0 Å². The summed E-state index contributed by atoms with van der Waals surface area (Å²) in [6.45, 7) is 0. The summed E-state index contributed by atoms with van der Waals surface area (Å²) in [5.41, 5.74) is 0. The van der Waals surface area contributed by atoms with Crippen LogP contribution in [0.2, 0.25) is 0 Å². The van der Waals surface area contributed by atoms with E-state index in [2.05, 4.69) is 0 Å². The van der Waals surface area contributed by atoms with Crippen LogP contribution in [-0.4, -0.2) is 33.3 Å². The minimum atomic E-state index is -2.95. The molecule has 0 spiro atoms. The Morgan fingerprint density at radius 3 is 2.70 bits per heavy atom. The largest absolute Gasteiger partial charge is 0.481 e. The quantitative estimate of drug-likeness (QED) is 0.336. The first-order valence-electron chi connectivity index (χ1n) is 10.4. The number of aliphatic hydroxyl groups is 2. The Labute approximate surface area is 178 Å². The number of alkyl halides is 2. The van der Waals surface area contributed by atoms with Crippen LogP contribution in [0.1, 0.15) is 55.9 Å². The molecule has 1 fully saturated rings. The number of aliphatic hydroxyl groups excluding tert-OH is 2. The molecule has 7 heteroatoms. The van der Waals surface area contributed by atoms with E-state index in [4.69, 9.17) is 5.11 Å². The van der Waals surface area contributed by atoms with Gasteiger partial charge in [0.05, 0.1) is 6.10 Å². The lowest BCUT2D eigenvalue weighted by Gasteiger charge is -2.23. The molecule has 3 N–H and O–H groups in total. The monoisotopic (exact) mass is 438 g/mol. The van der Waals surface area contributed by atoms with Crippen LogP contribution in [0.3, 0.4) is 0 Å². The molecule has 3 rings (SSSR count). The highest BCUT2D eigenvalue weighted by Gasteiger charge is 2.53. The number of aliphatic carboxylic acids is 1. The zero-order valence-corrected chi connectivity index (χ0v) is 17.5. The average Bonchev–Trinajstić information content (AvgIpc) is 3.20. The molecule has 1 aromatic carbocycles. The molecule has 1 aliphatic carbocycles. The van der Waals surface area contributed by atoms with Gasteiger partial charge in [-0.05, 0) is 30.4 Å². The van der Waals surface area contributed by atoms with Crippen molar-refractivity contribution in [3.8, 4) is 0 Å². The fraction of sp³-hybridized carbons (Fsp3) is 0.522. The van der Waals surface area contributed by atoms with Gasteiger partial charge in [0, 0.05) is 34.3 Å². The van der Waals surface area contributed by atoms with Crippen LogP contribution in [-0.2, 0) is 4.79 Å². The van der Waals surface area contributed by atoms with Crippen molar-refractivity contribution in [3.63, 3.8) is 0 Å². The molecule has 30 heavy (non-hydrogen) atoms. The summed E-state index contributed by atoms with van der Waals surface area (Å²) < 4.78 is 29.9. The maximum absolute atomic E-state index is 14.4. The Balaban J connectivity index is 1.60. The van der Waals surface area contributed by atoms with Gasteiger partial charge in [0.2, 0.25) is 0 Å². The summed E-state index contributed by atoms with van der Waals surface area (Å²) in [7, 11) is 0. The van der Waals surface area contributed by atoms with Gasteiger partial charge in [-0.1, -0.05) is 49.6 Å². The predicted molar refractivity (Wildman–Crippen MR) is 114 cm³/mol. The molecule has 1 saturated carbocycles. The van der Waals surface area contributed by atoms with E-state index < -0.39 is 42.4 Å². The van der Waals surface area contributed by atoms with Crippen LogP contribution in [0.15, 0.2) is 42.5 Å². The molecule has 0 bridgehead atoms. The number of halogens is 2. The number of carbonyl (C=O) groups is 1. The first kappa shape index (κ1) is 22.8. The molecule has 0 aliphatic heterocycles. The number of fused-ring (bicyclic) bond motifs is 1. The van der Waals surface area contributed by atoms with Gasteiger partial charge in [0.25, 0.3) is 5.92 Å². The van der Waals surface area contributed by atoms with Gasteiger partial charge in [-0.3, -0.25) is 4.79 Å². The van der Waals surface area contributed by atoms with Crippen LogP contribution in [0.5, 0.6) is 0 Å².